The van der Waals surface area contributed by atoms with Crippen LogP contribution in [0.25, 0.3) is 11.4 Å². The molecule has 5 nitrogen and oxygen atoms in total. The Morgan fingerprint density at radius 3 is 2.71 bits per heavy atom. The Morgan fingerprint density at radius 2 is 2.10 bits per heavy atom. The Labute approximate surface area is 124 Å². The van der Waals surface area contributed by atoms with Crippen molar-refractivity contribution in [2.24, 2.45) is 0 Å². The molecule has 8 heteroatoms. The van der Waals surface area contributed by atoms with Gasteiger partial charge in [0.15, 0.2) is 22.6 Å². The van der Waals surface area contributed by atoms with Crippen LogP contribution in [0.2, 0.25) is 0 Å². The number of carboxylic acids is 1. The number of hydrogen-bond donors (Lipinski definition) is 1. The molecule has 0 radical (unpaired) electrons. The topological polar surface area (TPSA) is 68.0 Å². The summed E-state index contributed by atoms with van der Waals surface area (Å²) >= 11 is 1.04. The summed E-state index contributed by atoms with van der Waals surface area (Å²) in [5.41, 5.74) is 0.400. The zero-order chi connectivity index (χ0) is 15.4. The maximum Gasteiger partial charge on any atom is 0.313 e. The van der Waals surface area contributed by atoms with E-state index in [9.17, 15) is 13.6 Å². The van der Waals surface area contributed by atoms with Crippen LogP contribution >= 0.6 is 11.8 Å². The zero-order valence-electron chi connectivity index (χ0n) is 11.2. The molecule has 0 atom stereocenters. The van der Waals surface area contributed by atoms with Gasteiger partial charge in [-0.3, -0.25) is 4.79 Å². The molecular weight excluding hydrogens is 300 g/mol. The lowest BCUT2D eigenvalue weighted by Gasteiger charge is -2.08. The Bertz CT molecular complexity index is 661. The molecule has 0 bridgehead atoms. The Kier molecular flexibility index (Phi) is 4.89. The Morgan fingerprint density at radius 1 is 1.33 bits per heavy atom. The molecule has 112 valence electrons. The summed E-state index contributed by atoms with van der Waals surface area (Å²) in [6, 6.07) is 3.50. The molecule has 2 rings (SSSR count). The molecule has 1 heterocycles. The van der Waals surface area contributed by atoms with Crippen molar-refractivity contribution < 1.29 is 18.7 Å². The predicted octanol–water partition coefficient (Wildman–Crippen LogP) is 2.81. The fourth-order valence-electron chi connectivity index (χ4n) is 1.80. The summed E-state index contributed by atoms with van der Waals surface area (Å²) in [4.78, 5) is 10.6. The van der Waals surface area contributed by atoms with Crippen LogP contribution in [0.1, 0.15) is 13.3 Å². The first-order chi connectivity index (χ1) is 10.0. The van der Waals surface area contributed by atoms with Crippen molar-refractivity contribution in [3.05, 3.63) is 29.8 Å². The van der Waals surface area contributed by atoms with Crippen LogP contribution in [-0.4, -0.2) is 31.6 Å². The molecule has 0 amide bonds. The van der Waals surface area contributed by atoms with E-state index in [2.05, 4.69) is 10.2 Å². The fourth-order valence-corrected chi connectivity index (χ4v) is 2.48. The van der Waals surface area contributed by atoms with E-state index >= 15 is 0 Å². The number of carboxylic acid groups (broad SMARTS) is 1. The first kappa shape index (κ1) is 15.4. The summed E-state index contributed by atoms with van der Waals surface area (Å²) < 4.78 is 28.0. The number of benzene rings is 1. The number of thioether (sulfide) groups is 1. The van der Waals surface area contributed by atoms with E-state index in [0.29, 0.717) is 23.1 Å². The molecule has 0 unspecified atom stereocenters. The summed E-state index contributed by atoms with van der Waals surface area (Å²) in [5, 5.41) is 17.1. The zero-order valence-corrected chi connectivity index (χ0v) is 12.0. The molecule has 1 aromatic heterocycles. The minimum atomic E-state index is -0.960. The van der Waals surface area contributed by atoms with Gasteiger partial charge in [-0.15, -0.1) is 10.2 Å². The number of nitrogens with zero attached hydrogens (tertiary/aromatic N) is 3. The van der Waals surface area contributed by atoms with Crippen molar-refractivity contribution in [2.75, 3.05) is 5.75 Å². The van der Waals surface area contributed by atoms with Gasteiger partial charge in [-0.2, -0.15) is 0 Å². The molecule has 1 aromatic carbocycles. The Hall–Kier alpha value is -1.96. The van der Waals surface area contributed by atoms with Crippen molar-refractivity contribution in [3.8, 4) is 11.4 Å². The average Bonchev–Trinajstić information content (AvgIpc) is 2.83. The molecule has 0 aliphatic carbocycles. The number of rotatable bonds is 6. The molecule has 0 aliphatic rings. The smallest absolute Gasteiger partial charge is 0.313 e. The third kappa shape index (κ3) is 3.57. The van der Waals surface area contributed by atoms with Crippen LogP contribution < -0.4 is 0 Å². The van der Waals surface area contributed by atoms with Crippen LogP contribution in [-0.2, 0) is 11.3 Å². The van der Waals surface area contributed by atoms with E-state index in [1.165, 1.54) is 6.07 Å². The minimum Gasteiger partial charge on any atom is -0.481 e. The maximum absolute atomic E-state index is 13.3. The second-order valence-corrected chi connectivity index (χ2v) is 5.21. The van der Waals surface area contributed by atoms with Gasteiger partial charge >= 0.3 is 5.97 Å². The van der Waals surface area contributed by atoms with Gasteiger partial charge in [0, 0.05) is 12.1 Å². The minimum absolute atomic E-state index is 0.139. The molecule has 21 heavy (non-hydrogen) atoms. The van der Waals surface area contributed by atoms with Gasteiger partial charge in [0.05, 0.1) is 5.75 Å². The van der Waals surface area contributed by atoms with Crippen molar-refractivity contribution >= 4 is 17.7 Å². The lowest BCUT2D eigenvalue weighted by atomic mass is 10.2. The molecule has 0 fully saturated rings. The van der Waals surface area contributed by atoms with Crippen LogP contribution in [0.3, 0.4) is 0 Å². The van der Waals surface area contributed by atoms with Crippen LogP contribution in [0.15, 0.2) is 23.4 Å². The molecule has 1 N–H and O–H groups in total. The number of hydrogen-bond acceptors (Lipinski definition) is 4. The van der Waals surface area contributed by atoms with E-state index in [1.807, 2.05) is 6.92 Å². The number of aliphatic carboxylic acids is 1. The fraction of sp³-hybridized carbons (Fsp3) is 0.308. The first-order valence-corrected chi connectivity index (χ1v) is 7.24. The first-order valence-electron chi connectivity index (χ1n) is 6.26. The average molecular weight is 313 g/mol. The molecule has 0 saturated carbocycles. The summed E-state index contributed by atoms with van der Waals surface area (Å²) in [6.07, 6.45) is 0.773. The number of halogens is 2. The lowest BCUT2D eigenvalue weighted by Crippen LogP contribution is -2.04. The predicted molar refractivity (Wildman–Crippen MR) is 74.0 cm³/mol. The van der Waals surface area contributed by atoms with Crippen LogP contribution in [0.5, 0.6) is 0 Å². The summed E-state index contributed by atoms with van der Waals surface area (Å²) in [7, 11) is 0. The van der Waals surface area contributed by atoms with Gasteiger partial charge in [0.2, 0.25) is 0 Å². The Balaban J connectivity index is 2.38. The molecule has 0 saturated heterocycles. The van der Waals surface area contributed by atoms with Crippen LogP contribution in [0.4, 0.5) is 8.78 Å². The quantitative estimate of drug-likeness (QED) is 0.831. The second kappa shape index (κ2) is 6.66. The van der Waals surface area contributed by atoms with Crippen molar-refractivity contribution in [3.63, 3.8) is 0 Å². The van der Waals surface area contributed by atoms with E-state index in [-0.39, 0.29) is 5.75 Å². The van der Waals surface area contributed by atoms with E-state index in [4.69, 9.17) is 5.11 Å². The van der Waals surface area contributed by atoms with Crippen molar-refractivity contribution in [2.45, 2.75) is 25.0 Å². The molecular formula is C13H13F2N3O2S. The highest BCUT2D eigenvalue weighted by atomic mass is 32.2. The standard InChI is InChI=1S/C13H13F2N3O2S/c1-2-5-18-12(8-3-4-9(14)10(15)6-8)16-17-13(18)21-7-11(19)20/h3-4,6H,2,5,7H2,1H3,(H,19,20). The third-order valence-corrected chi connectivity index (χ3v) is 3.62. The van der Waals surface area contributed by atoms with Gasteiger partial charge in [0.25, 0.3) is 0 Å². The normalized spacial score (nSPS) is 10.8. The summed E-state index contributed by atoms with van der Waals surface area (Å²) in [5.74, 6) is -2.59. The van der Waals surface area contributed by atoms with E-state index < -0.39 is 17.6 Å². The van der Waals surface area contributed by atoms with Crippen molar-refractivity contribution in [1.29, 1.82) is 0 Å². The molecule has 2 aromatic rings. The van der Waals surface area contributed by atoms with E-state index in [0.717, 1.165) is 30.3 Å². The monoisotopic (exact) mass is 313 g/mol. The summed E-state index contributed by atoms with van der Waals surface area (Å²) in [6.45, 7) is 2.50. The van der Waals surface area contributed by atoms with Crippen LogP contribution in [0, 0.1) is 11.6 Å². The maximum atomic E-state index is 13.3. The second-order valence-electron chi connectivity index (χ2n) is 4.27. The van der Waals surface area contributed by atoms with E-state index in [1.54, 1.807) is 4.57 Å². The molecule has 0 aliphatic heterocycles. The number of aromatic nitrogens is 3. The van der Waals surface area contributed by atoms with Gasteiger partial charge in [-0.1, -0.05) is 18.7 Å². The highest BCUT2D eigenvalue weighted by Crippen LogP contribution is 2.25. The number of carbonyl (C=O) groups is 1. The van der Waals surface area contributed by atoms with Gasteiger partial charge < -0.3 is 9.67 Å². The largest absolute Gasteiger partial charge is 0.481 e. The highest BCUT2D eigenvalue weighted by Gasteiger charge is 2.16. The van der Waals surface area contributed by atoms with Gasteiger partial charge in [0.1, 0.15) is 0 Å². The van der Waals surface area contributed by atoms with Gasteiger partial charge in [-0.25, -0.2) is 8.78 Å². The SMILES string of the molecule is CCCn1c(SCC(=O)O)nnc1-c1ccc(F)c(F)c1. The lowest BCUT2D eigenvalue weighted by molar-refractivity contribution is -0.133. The van der Waals surface area contributed by atoms with Crippen molar-refractivity contribution in [1.82, 2.24) is 14.8 Å². The van der Waals surface area contributed by atoms with Gasteiger partial charge in [-0.05, 0) is 24.6 Å². The molecule has 0 spiro atoms. The highest BCUT2D eigenvalue weighted by molar-refractivity contribution is 7.99. The third-order valence-electron chi connectivity index (χ3n) is 2.67.